The number of aromatic nitrogens is 2. The number of benzene rings is 2. The van der Waals surface area contributed by atoms with Gasteiger partial charge in [0.25, 0.3) is 5.91 Å². The van der Waals surface area contributed by atoms with Gasteiger partial charge >= 0.3 is 0 Å². The van der Waals surface area contributed by atoms with Crippen molar-refractivity contribution >= 4 is 11.8 Å². The lowest BCUT2D eigenvalue weighted by Gasteiger charge is -2.35. The maximum Gasteiger partial charge on any atom is 0.257 e. The van der Waals surface area contributed by atoms with Gasteiger partial charge in [0.15, 0.2) is 0 Å². The summed E-state index contributed by atoms with van der Waals surface area (Å²) in [6.07, 6.45) is 1.74. The van der Waals surface area contributed by atoms with Crippen molar-refractivity contribution < 1.29 is 14.0 Å². The summed E-state index contributed by atoms with van der Waals surface area (Å²) in [4.78, 5) is 31.7. The van der Waals surface area contributed by atoms with Crippen molar-refractivity contribution in [1.29, 1.82) is 0 Å². The molecule has 0 bridgehead atoms. The number of hydrogen-bond acceptors (Lipinski definition) is 4. The largest absolute Gasteiger partial charge is 0.342 e. The summed E-state index contributed by atoms with van der Waals surface area (Å²) >= 11 is 0. The molecule has 0 radical (unpaired) electrons. The lowest BCUT2D eigenvalue weighted by Crippen LogP contribution is -2.51. The number of piperazine rings is 1. The molecule has 0 N–H and O–H groups in total. The maximum absolute atomic E-state index is 13.5. The first-order valence-corrected chi connectivity index (χ1v) is 11.7. The Morgan fingerprint density at radius 2 is 1.59 bits per heavy atom. The molecule has 1 aliphatic heterocycles. The van der Waals surface area contributed by atoms with Crippen LogP contribution in [0.1, 0.15) is 24.2 Å². The van der Waals surface area contributed by atoms with Crippen LogP contribution < -0.4 is 0 Å². The molecule has 1 aromatic heterocycles. The first-order valence-electron chi connectivity index (χ1n) is 11.7. The Balaban J connectivity index is 1.53. The molecule has 1 aliphatic rings. The fourth-order valence-corrected chi connectivity index (χ4v) is 4.21. The highest BCUT2D eigenvalue weighted by Gasteiger charge is 2.27. The lowest BCUT2D eigenvalue weighted by molar-refractivity contribution is -0.132. The smallest absolute Gasteiger partial charge is 0.257 e. The van der Waals surface area contributed by atoms with E-state index in [2.05, 4.69) is 10.00 Å². The van der Waals surface area contributed by atoms with Crippen molar-refractivity contribution in [3.8, 4) is 16.9 Å². The molecule has 2 aromatic carbocycles. The summed E-state index contributed by atoms with van der Waals surface area (Å²) in [7, 11) is 0. The van der Waals surface area contributed by atoms with E-state index >= 15 is 0 Å². The summed E-state index contributed by atoms with van der Waals surface area (Å²) in [5.41, 5.74) is 2.52. The van der Waals surface area contributed by atoms with Gasteiger partial charge < -0.3 is 9.80 Å². The molecule has 7 nitrogen and oxygen atoms in total. The highest BCUT2D eigenvalue weighted by molar-refractivity contribution is 6.00. The van der Waals surface area contributed by atoms with Crippen LogP contribution in [0.4, 0.5) is 4.39 Å². The van der Waals surface area contributed by atoms with E-state index < -0.39 is 0 Å². The number of amides is 2. The van der Waals surface area contributed by atoms with Crippen molar-refractivity contribution in [3.63, 3.8) is 0 Å². The standard InChI is InChI=1S/C26H30FN5O2/c1-3-30(4-2)24(33)19-29-14-16-31(17-15-29)26(34)23-18-32(22-8-6-5-7-9-22)28-25(23)20-10-12-21(27)13-11-20/h5-13,18H,3-4,14-17,19H2,1-2H3. The number of para-hydroxylation sites is 1. The molecule has 0 spiro atoms. The predicted octanol–water partition coefficient (Wildman–Crippen LogP) is 3.30. The normalized spacial score (nSPS) is 14.3. The monoisotopic (exact) mass is 463 g/mol. The molecule has 3 aromatic rings. The van der Waals surface area contributed by atoms with Crippen LogP contribution in [0.3, 0.4) is 0 Å². The Morgan fingerprint density at radius 3 is 2.21 bits per heavy atom. The summed E-state index contributed by atoms with van der Waals surface area (Å²) in [5.74, 6) is -0.335. The third-order valence-corrected chi connectivity index (χ3v) is 6.22. The number of halogens is 1. The fraction of sp³-hybridized carbons (Fsp3) is 0.346. The van der Waals surface area contributed by atoms with Crippen molar-refractivity contribution in [2.75, 3.05) is 45.8 Å². The Bertz CT molecular complexity index is 1120. The minimum Gasteiger partial charge on any atom is -0.342 e. The van der Waals surface area contributed by atoms with Crippen molar-refractivity contribution in [3.05, 3.63) is 72.2 Å². The highest BCUT2D eigenvalue weighted by Crippen LogP contribution is 2.26. The SMILES string of the molecule is CCN(CC)C(=O)CN1CCN(C(=O)c2cn(-c3ccccc3)nc2-c2ccc(F)cc2)CC1. The van der Waals surface area contributed by atoms with Gasteiger partial charge in [-0.25, -0.2) is 9.07 Å². The summed E-state index contributed by atoms with van der Waals surface area (Å²) < 4.78 is 15.2. The molecule has 0 unspecified atom stereocenters. The molecule has 2 heterocycles. The predicted molar refractivity (Wildman–Crippen MR) is 129 cm³/mol. The minimum absolute atomic E-state index is 0.115. The molecule has 8 heteroatoms. The second kappa shape index (κ2) is 10.6. The van der Waals surface area contributed by atoms with E-state index in [-0.39, 0.29) is 17.6 Å². The van der Waals surface area contributed by atoms with E-state index in [9.17, 15) is 14.0 Å². The van der Waals surface area contributed by atoms with Gasteiger partial charge in [-0.3, -0.25) is 14.5 Å². The van der Waals surface area contributed by atoms with Crippen LogP contribution in [-0.2, 0) is 4.79 Å². The zero-order valence-corrected chi connectivity index (χ0v) is 19.7. The average Bonchev–Trinajstić information content (AvgIpc) is 3.31. The fourth-order valence-electron chi connectivity index (χ4n) is 4.21. The van der Waals surface area contributed by atoms with E-state index in [1.807, 2.05) is 49.1 Å². The Morgan fingerprint density at radius 1 is 0.941 bits per heavy atom. The van der Waals surface area contributed by atoms with E-state index in [1.165, 1.54) is 12.1 Å². The molecule has 34 heavy (non-hydrogen) atoms. The topological polar surface area (TPSA) is 61.7 Å². The van der Waals surface area contributed by atoms with Gasteiger partial charge in [-0.05, 0) is 50.2 Å². The molecular weight excluding hydrogens is 433 g/mol. The van der Waals surface area contributed by atoms with Crippen LogP contribution in [-0.4, -0.2) is 82.1 Å². The first-order chi connectivity index (χ1) is 16.5. The Hall–Kier alpha value is -3.52. The molecule has 4 rings (SSSR count). The average molecular weight is 464 g/mol. The van der Waals surface area contributed by atoms with Crippen LogP contribution in [0.15, 0.2) is 60.8 Å². The second-order valence-electron chi connectivity index (χ2n) is 8.31. The van der Waals surface area contributed by atoms with Crippen LogP contribution in [0.2, 0.25) is 0 Å². The van der Waals surface area contributed by atoms with Gasteiger partial charge in [0.05, 0.1) is 17.8 Å². The molecule has 0 atom stereocenters. The van der Waals surface area contributed by atoms with Gasteiger partial charge in [0, 0.05) is 51.0 Å². The second-order valence-corrected chi connectivity index (χ2v) is 8.31. The van der Waals surface area contributed by atoms with Crippen LogP contribution >= 0.6 is 0 Å². The quantitative estimate of drug-likeness (QED) is 0.540. The molecular formula is C26H30FN5O2. The summed E-state index contributed by atoms with van der Waals surface area (Å²) in [5, 5.41) is 4.67. The third kappa shape index (κ3) is 5.17. The number of likely N-dealkylation sites (N-methyl/N-ethyl adjacent to an activating group) is 1. The van der Waals surface area contributed by atoms with Crippen molar-refractivity contribution in [2.45, 2.75) is 13.8 Å². The molecule has 2 amide bonds. The highest BCUT2D eigenvalue weighted by atomic mass is 19.1. The number of rotatable bonds is 7. The third-order valence-electron chi connectivity index (χ3n) is 6.22. The number of hydrogen-bond donors (Lipinski definition) is 0. The van der Waals surface area contributed by atoms with Crippen LogP contribution in [0.5, 0.6) is 0 Å². The van der Waals surface area contributed by atoms with Gasteiger partial charge in [0.2, 0.25) is 5.91 Å². The first kappa shape index (κ1) is 23.6. The number of carbonyl (C=O) groups excluding carboxylic acids is 2. The number of carbonyl (C=O) groups is 2. The van der Waals surface area contributed by atoms with E-state index in [4.69, 9.17) is 0 Å². The van der Waals surface area contributed by atoms with E-state index in [0.717, 1.165) is 5.69 Å². The van der Waals surface area contributed by atoms with E-state index in [1.54, 1.807) is 27.9 Å². The van der Waals surface area contributed by atoms with Crippen LogP contribution in [0, 0.1) is 5.82 Å². The molecule has 0 aliphatic carbocycles. The molecule has 1 saturated heterocycles. The van der Waals surface area contributed by atoms with Crippen molar-refractivity contribution in [1.82, 2.24) is 24.5 Å². The molecule has 0 saturated carbocycles. The number of nitrogens with zero attached hydrogens (tertiary/aromatic N) is 5. The Kier molecular flexibility index (Phi) is 7.37. The molecule has 1 fully saturated rings. The lowest BCUT2D eigenvalue weighted by atomic mass is 10.1. The summed E-state index contributed by atoms with van der Waals surface area (Å²) in [6.45, 7) is 8.06. The van der Waals surface area contributed by atoms with Crippen LogP contribution in [0.25, 0.3) is 16.9 Å². The van der Waals surface area contributed by atoms with Gasteiger partial charge in [-0.15, -0.1) is 0 Å². The van der Waals surface area contributed by atoms with Crippen molar-refractivity contribution in [2.24, 2.45) is 0 Å². The maximum atomic E-state index is 13.5. The zero-order chi connectivity index (χ0) is 24.1. The van der Waals surface area contributed by atoms with Gasteiger partial charge in [0.1, 0.15) is 11.5 Å². The summed E-state index contributed by atoms with van der Waals surface area (Å²) in [6, 6.07) is 15.6. The zero-order valence-electron chi connectivity index (χ0n) is 19.7. The Labute approximate surface area is 199 Å². The van der Waals surface area contributed by atoms with E-state index in [0.29, 0.717) is 62.6 Å². The molecule has 178 valence electrons. The minimum atomic E-state index is -0.338. The van der Waals surface area contributed by atoms with Gasteiger partial charge in [-0.1, -0.05) is 18.2 Å². The van der Waals surface area contributed by atoms with Gasteiger partial charge in [-0.2, -0.15) is 5.10 Å².